The van der Waals surface area contributed by atoms with Gasteiger partial charge in [0, 0.05) is 23.4 Å². The zero-order valence-electron chi connectivity index (χ0n) is 11.3. The highest BCUT2D eigenvalue weighted by molar-refractivity contribution is 5.76. The number of anilines is 1. The van der Waals surface area contributed by atoms with Crippen LogP contribution in [0.2, 0.25) is 0 Å². The normalized spacial score (nSPS) is 14.7. The van der Waals surface area contributed by atoms with Crippen molar-refractivity contribution in [3.05, 3.63) is 56.5 Å². The number of aromatic nitrogens is 1. The molecule has 1 aliphatic rings. The first-order valence-electron chi connectivity index (χ1n) is 6.84. The van der Waals surface area contributed by atoms with Crippen molar-refractivity contribution < 1.29 is 4.92 Å². The Morgan fingerprint density at radius 2 is 1.90 bits per heavy atom. The molecule has 1 heterocycles. The maximum atomic E-state index is 12.0. The van der Waals surface area contributed by atoms with Crippen molar-refractivity contribution >= 4 is 11.4 Å². The largest absolute Gasteiger partial charge is 0.394 e. The smallest absolute Gasteiger partial charge is 0.271 e. The lowest BCUT2D eigenvalue weighted by Crippen LogP contribution is -2.19. The number of nitrogens with one attached hydrogen (secondary N) is 1. The summed E-state index contributed by atoms with van der Waals surface area (Å²) in [6.45, 7) is 0. The second-order valence-electron chi connectivity index (χ2n) is 5.31. The van der Waals surface area contributed by atoms with Crippen LogP contribution >= 0.6 is 0 Å². The first-order valence-corrected chi connectivity index (χ1v) is 6.84. The average Bonchev–Trinajstić information content (AvgIpc) is 2.41. The van der Waals surface area contributed by atoms with E-state index >= 15 is 0 Å². The van der Waals surface area contributed by atoms with E-state index in [4.69, 9.17) is 5.73 Å². The van der Waals surface area contributed by atoms with Gasteiger partial charge in [0.25, 0.3) is 11.2 Å². The monoisotopic (exact) mass is 285 g/mol. The standard InChI is InChI=1S/C15H15N3O3/c16-14-12(9-4-6-11(7-5-9)18(20)21)8-13(17-15(14)19)10-2-1-3-10/h4-8,10H,1-3,16H2,(H,17,19). The molecule has 1 aliphatic carbocycles. The Hall–Kier alpha value is -2.63. The number of aromatic amines is 1. The van der Waals surface area contributed by atoms with Gasteiger partial charge in [-0.2, -0.15) is 0 Å². The Bertz CT molecular complexity index is 746. The minimum absolute atomic E-state index is 0.0152. The van der Waals surface area contributed by atoms with E-state index in [1.165, 1.54) is 18.6 Å². The molecule has 0 amide bonds. The zero-order valence-corrected chi connectivity index (χ0v) is 11.3. The zero-order chi connectivity index (χ0) is 15.0. The SMILES string of the molecule is Nc1c(-c2ccc([N+](=O)[O-])cc2)cc(C2CCC2)[nH]c1=O. The molecular weight excluding hydrogens is 270 g/mol. The molecule has 0 bridgehead atoms. The molecule has 0 radical (unpaired) electrons. The molecule has 3 rings (SSSR count). The molecule has 0 atom stereocenters. The first-order chi connectivity index (χ1) is 10.1. The number of H-pyrrole nitrogens is 1. The van der Waals surface area contributed by atoms with Crippen molar-refractivity contribution in [1.82, 2.24) is 4.98 Å². The van der Waals surface area contributed by atoms with Crippen LogP contribution in [0.25, 0.3) is 11.1 Å². The van der Waals surface area contributed by atoms with Crippen molar-refractivity contribution in [3.8, 4) is 11.1 Å². The molecule has 0 unspecified atom stereocenters. The van der Waals surface area contributed by atoms with Gasteiger partial charge in [0.1, 0.15) is 5.69 Å². The van der Waals surface area contributed by atoms with Crippen molar-refractivity contribution in [2.45, 2.75) is 25.2 Å². The predicted molar refractivity (Wildman–Crippen MR) is 80.2 cm³/mol. The lowest BCUT2D eigenvalue weighted by molar-refractivity contribution is -0.384. The summed E-state index contributed by atoms with van der Waals surface area (Å²) in [5, 5.41) is 10.7. The van der Waals surface area contributed by atoms with Gasteiger partial charge in [-0.25, -0.2) is 0 Å². The molecule has 6 heteroatoms. The summed E-state index contributed by atoms with van der Waals surface area (Å²) < 4.78 is 0. The molecule has 0 aliphatic heterocycles. The third-order valence-electron chi connectivity index (χ3n) is 4.03. The van der Waals surface area contributed by atoms with Gasteiger partial charge < -0.3 is 10.7 Å². The van der Waals surface area contributed by atoms with Gasteiger partial charge in [-0.1, -0.05) is 6.42 Å². The van der Waals surface area contributed by atoms with Gasteiger partial charge in [-0.15, -0.1) is 0 Å². The number of benzene rings is 1. The number of nitrogen functional groups attached to an aromatic ring is 1. The van der Waals surface area contributed by atoms with Gasteiger partial charge in [0.2, 0.25) is 0 Å². The summed E-state index contributed by atoms with van der Waals surface area (Å²) in [7, 11) is 0. The molecule has 6 nitrogen and oxygen atoms in total. The fourth-order valence-corrected chi connectivity index (χ4v) is 2.53. The molecule has 108 valence electrons. The topological polar surface area (TPSA) is 102 Å². The van der Waals surface area contributed by atoms with Crippen molar-refractivity contribution in [3.63, 3.8) is 0 Å². The van der Waals surface area contributed by atoms with E-state index in [0.717, 1.165) is 18.5 Å². The number of nitrogens with zero attached hydrogens (tertiary/aromatic N) is 1. The van der Waals surface area contributed by atoms with E-state index in [2.05, 4.69) is 4.98 Å². The number of hydrogen-bond donors (Lipinski definition) is 2. The van der Waals surface area contributed by atoms with Gasteiger partial charge in [0.05, 0.1) is 4.92 Å². The quantitative estimate of drug-likeness (QED) is 0.668. The summed E-state index contributed by atoms with van der Waals surface area (Å²) in [6.07, 6.45) is 3.31. The van der Waals surface area contributed by atoms with E-state index in [0.29, 0.717) is 17.0 Å². The van der Waals surface area contributed by atoms with Crippen LogP contribution in [0.15, 0.2) is 35.1 Å². The molecular formula is C15H15N3O3. The number of pyridine rings is 1. The Kier molecular flexibility index (Phi) is 3.21. The van der Waals surface area contributed by atoms with Crippen LogP contribution in [0, 0.1) is 10.1 Å². The van der Waals surface area contributed by atoms with Gasteiger partial charge in [-0.3, -0.25) is 14.9 Å². The molecule has 21 heavy (non-hydrogen) atoms. The maximum Gasteiger partial charge on any atom is 0.271 e. The van der Waals surface area contributed by atoms with Crippen molar-refractivity contribution in [2.75, 3.05) is 5.73 Å². The lowest BCUT2D eigenvalue weighted by atomic mass is 9.82. The fraction of sp³-hybridized carbons (Fsp3) is 0.267. The van der Waals surface area contributed by atoms with Gasteiger partial charge in [0.15, 0.2) is 0 Å². The second-order valence-corrected chi connectivity index (χ2v) is 5.31. The lowest BCUT2D eigenvalue weighted by Gasteiger charge is -2.25. The van der Waals surface area contributed by atoms with Gasteiger partial charge >= 0.3 is 0 Å². The van der Waals surface area contributed by atoms with Crippen molar-refractivity contribution in [2.24, 2.45) is 0 Å². The number of rotatable bonds is 3. The molecule has 0 spiro atoms. The summed E-state index contributed by atoms with van der Waals surface area (Å²) >= 11 is 0. The van der Waals surface area contributed by atoms with E-state index in [1.54, 1.807) is 12.1 Å². The molecule has 2 aromatic rings. The molecule has 1 fully saturated rings. The van der Waals surface area contributed by atoms with Crippen LogP contribution in [-0.2, 0) is 0 Å². The molecule has 3 N–H and O–H groups in total. The third kappa shape index (κ3) is 2.40. The summed E-state index contributed by atoms with van der Waals surface area (Å²) in [6, 6.07) is 7.96. The first kappa shape index (κ1) is 13.4. The predicted octanol–water partition coefficient (Wildman–Crippen LogP) is 2.80. The molecule has 0 saturated heterocycles. The number of non-ortho nitro benzene ring substituents is 1. The van der Waals surface area contributed by atoms with E-state index in [9.17, 15) is 14.9 Å². The van der Waals surface area contributed by atoms with Crippen LogP contribution < -0.4 is 11.3 Å². The average molecular weight is 285 g/mol. The van der Waals surface area contributed by atoms with Crippen molar-refractivity contribution in [1.29, 1.82) is 0 Å². The third-order valence-corrected chi connectivity index (χ3v) is 4.03. The van der Waals surface area contributed by atoms with Crippen LogP contribution in [0.1, 0.15) is 30.9 Å². The number of nitrogens with two attached hydrogens (primary N) is 1. The summed E-state index contributed by atoms with van der Waals surface area (Å²) in [5.41, 5.74) is 7.97. The minimum Gasteiger partial charge on any atom is -0.394 e. The highest BCUT2D eigenvalue weighted by Gasteiger charge is 2.22. The van der Waals surface area contributed by atoms with Crippen LogP contribution in [0.5, 0.6) is 0 Å². The Balaban J connectivity index is 2.06. The van der Waals surface area contributed by atoms with E-state index < -0.39 is 4.92 Å². The fourth-order valence-electron chi connectivity index (χ4n) is 2.53. The number of nitro groups is 1. The Labute approximate surface area is 120 Å². The Morgan fingerprint density at radius 3 is 2.43 bits per heavy atom. The van der Waals surface area contributed by atoms with Gasteiger partial charge in [-0.05, 0) is 42.5 Å². The maximum absolute atomic E-state index is 12.0. The second kappa shape index (κ2) is 5.05. The summed E-state index contributed by atoms with van der Waals surface area (Å²) in [5.74, 6) is 0.384. The number of hydrogen-bond acceptors (Lipinski definition) is 4. The highest BCUT2D eigenvalue weighted by atomic mass is 16.6. The molecule has 1 aromatic carbocycles. The summed E-state index contributed by atoms with van der Waals surface area (Å²) in [4.78, 5) is 25.0. The highest BCUT2D eigenvalue weighted by Crippen LogP contribution is 2.37. The van der Waals surface area contributed by atoms with Crippen LogP contribution in [-0.4, -0.2) is 9.91 Å². The number of nitro benzene ring substituents is 1. The molecule has 1 aromatic heterocycles. The molecule has 1 saturated carbocycles. The van der Waals surface area contributed by atoms with Crippen LogP contribution in [0.3, 0.4) is 0 Å². The minimum atomic E-state index is -0.454. The van der Waals surface area contributed by atoms with E-state index in [-0.39, 0.29) is 16.9 Å². The van der Waals surface area contributed by atoms with E-state index in [1.807, 2.05) is 6.07 Å². The van der Waals surface area contributed by atoms with Crippen LogP contribution in [0.4, 0.5) is 11.4 Å². The Morgan fingerprint density at radius 1 is 1.24 bits per heavy atom.